The molecule has 0 bridgehead atoms. The van der Waals surface area contributed by atoms with Gasteiger partial charge in [-0.15, -0.1) is 0 Å². The molecule has 0 saturated carbocycles. The van der Waals surface area contributed by atoms with E-state index in [-0.39, 0.29) is 31.1 Å². The topological polar surface area (TPSA) is 78.9 Å². The van der Waals surface area contributed by atoms with Crippen LogP contribution in [0.5, 0.6) is 0 Å². The number of esters is 3. The van der Waals surface area contributed by atoms with E-state index in [1.54, 1.807) is 0 Å². The number of hydrogen-bond donors (Lipinski definition) is 0. The van der Waals surface area contributed by atoms with Crippen LogP contribution in [0.3, 0.4) is 0 Å². The summed E-state index contributed by atoms with van der Waals surface area (Å²) in [5, 5.41) is 0. The van der Waals surface area contributed by atoms with Crippen molar-refractivity contribution in [1.82, 2.24) is 0 Å². The second kappa shape index (κ2) is 71.1. The second-order valence-electron chi connectivity index (χ2n) is 24.1. The fourth-order valence-corrected chi connectivity index (χ4v) is 10.5. The molecule has 1 unspecified atom stereocenters. The fourth-order valence-electron chi connectivity index (χ4n) is 10.5. The molecule has 0 aliphatic rings. The SMILES string of the molecule is CC/C=C\C/C=C\C/C=C\C/C=C\CCCCCCCCCCC(=O)OC(COC(=O)CCCCCCCCCC/C=C\C/C=C\C/C=C\CCCCCCC)COC(=O)CCCCCCCCCCCCCCCCCCCCCCC. The molecular formula is C77H136O6. The summed E-state index contributed by atoms with van der Waals surface area (Å²) in [4.78, 5) is 38.5. The molecule has 0 rings (SSSR count). The number of hydrogen-bond acceptors (Lipinski definition) is 6. The normalized spacial score (nSPS) is 12.6. The molecule has 0 N–H and O–H groups in total. The molecule has 0 spiro atoms. The summed E-state index contributed by atoms with van der Waals surface area (Å²) < 4.78 is 17.0. The number of rotatable bonds is 66. The van der Waals surface area contributed by atoms with Crippen LogP contribution >= 0.6 is 0 Å². The van der Waals surface area contributed by atoms with Crippen LogP contribution in [0.15, 0.2) is 85.1 Å². The first-order chi connectivity index (χ1) is 41.0. The van der Waals surface area contributed by atoms with Gasteiger partial charge in [-0.3, -0.25) is 14.4 Å². The summed E-state index contributed by atoms with van der Waals surface area (Å²) >= 11 is 0. The maximum absolute atomic E-state index is 13.0. The maximum atomic E-state index is 13.0. The Hall–Kier alpha value is -3.41. The van der Waals surface area contributed by atoms with Gasteiger partial charge in [-0.05, 0) is 96.3 Å². The molecule has 0 radical (unpaired) electrons. The van der Waals surface area contributed by atoms with Gasteiger partial charge in [0.2, 0.25) is 0 Å². The van der Waals surface area contributed by atoms with Crippen LogP contribution in [0, 0.1) is 0 Å². The van der Waals surface area contributed by atoms with Crippen molar-refractivity contribution in [2.75, 3.05) is 13.2 Å². The first kappa shape index (κ1) is 79.6. The van der Waals surface area contributed by atoms with E-state index in [1.165, 1.54) is 218 Å². The lowest BCUT2D eigenvalue weighted by Crippen LogP contribution is -2.30. The van der Waals surface area contributed by atoms with Crippen LogP contribution in [-0.2, 0) is 28.6 Å². The fraction of sp³-hybridized carbons (Fsp3) is 0.779. The Morgan fingerprint density at radius 2 is 0.470 bits per heavy atom. The molecule has 83 heavy (non-hydrogen) atoms. The molecule has 480 valence electrons. The molecule has 0 aromatic carbocycles. The Kier molecular flexibility index (Phi) is 68.2. The van der Waals surface area contributed by atoms with E-state index in [1.807, 2.05) is 0 Å². The van der Waals surface area contributed by atoms with Crippen LogP contribution < -0.4 is 0 Å². The lowest BCUT2D eigenvalue weighted by Gasteiger charge is -2.18. The van der Waals surface area contributed by atoms with E-state index in [4.69, 9.17) is 14.2 Å². The predicted molar refractivity (Wildman–Crippen MR) is 362 cm³/mol. The molecule has 6 nitrogen and oxygen atoms in total. The highest BCUT2D eigenvalue weighted by atomic mass is 16.6. The summed E-state index contributed by atoms with van der Waals surface area (Å²) in [6.45, 7) is 6.56. The Balaban J connectivity index is 4.38. The lowest BCUT2D eigenvalue weighted by molar-refractivity contribution is -0.167. The molecule has 0 aromatic rings. The molecule has 0 heterocycles. The van der Waals surface area contributed by atoms with Crippen molar-refractivity contribution in [1.29, 1.82) is 0 Å². The van der Waals surface area contributed by atoms with Gasteiger partial charge in [0.1, 0.15) is 13.2 Å². The highest BCUT2D eigenvalue weighted by molar-refractivity contribution is 5.71. The van der Waals surface area contributed by atoms with Gasteiger partial charge in [0.05, 0.1) is 0 Å². The molecule has 0 amide bonds. The average Bonchev–Trinajstić information content (AvgIpc) is 3.49. The van der Waals surface area contributed by atoms with Gasteiger partial charge in [0.15, 0.2) is 6.10 Å². The zero-order valence-corrected chi connectivity index (χ0v) is 55.2. The average molecular weight is 1160 g/mol. The molecule has 0 aliphatic carbocycles. The summed E-state index contributed by atoms with van der Waals surface area (Å²) in [5.41, 5.74) is 0. The number of ether oxygens (including phenoxy) is 3. The summed E-state index contributed by atoms with van der Waals surface area (Å²) in [6, 6.07) is 0. The van der Waals surface area contributed by atoms with Gasteiger partial charge in [0, 0.05) is 19.3 Å². The number of allylic oxidation sites excluding steroid dienone is 14. The lowest BCUT2D eigenvalue weighted by atomic mass is 10.0. The first-order valence-electron chi connectivity index (χ1n) is 36.1. The highest BCUT2D eigenvalue weighted by Gasteiger charge is 2.19. The molecular weight excluding hydrogens is 1020 g/mol. The van der Waals surface area contributed by atoms with Gasteiger partial charge in [-0.1, -0.05) is 337 Å². The van der Waals surface area contributed by atoms with Crippen LogP contribution in [0.25, 0.3) is 0 Å². The standard InChI is InChI=1S/C77H136O6/c1-4-7-10-13-16-19-22-25-28-31-34-37-38-41-43-46-49-52-55-58-61-64-67-70-76(79)82-73-74(83-77(80)71-68-65-62-59-56-53-50-47-44-40-36-33-30-27-24-21-18-15-12-9-6-3)72-81-75(78)69-66-63-60-57-54-51-48-45-42-39-35-32-29-26-23-20-17-14-11-8-5-2/h9,12,18,21-22,25,27,30-31,34,36,38,40-41,74H,4-8,10-11,13-17,19-20,23-24,26,28-29,32-33,35,37,39,42-73H2,1-3H3/b12-9-,21-18-,25-22-,30-27-,34-31-,40-36-,41-38-. The minimum Gasteiger partial charge on any atom is -0.462 e. The molecule has 0 saturated heterocycles. The third kappa shape index (κ3) is 69.3. The minimum atomic E-state index is -0.786. The molecule has 0 aliphatic heterocycles. The van der Waals surface area contributed by atoms with Gasteiger partial charge >= 0.3 is 17.9 Å². The van der Waals surface area contributed by atoms with Gasteiger partial charge < -0.3 is 14.2 Å². The number of carbonyl (C=O) groups is 3. The van der Waals surface area contributed by atoms with Crippen molar-refractivity contribution in [3.8, 4) is 0 Å². The van der Waals surface area contributed by atoms with Crippen molar-refractivity contribution in [3.05, 3.63) is 85.1 Å². The van der Waals surface area contributed by atoms with Gasteiger partial charge in [0.25, 0.3) is 0 Å². The molecule has 0 fully saturated rings. The van der Waals surface area contributed by atoms with Crippen LogP contribution in [-0.4, -0.2) is 37.2 Å². The Labute approximate surface area is 515 Å². The van der Waals surface area contributed by atoms with Crippen molar-refractivity contribution in [2.24, 2.45) is 0 Å². The quantitative estimate of drug-likeness (QED) is 0.0261. The monoisotopic (exact) mass is 1160 g/mol. The summed E-state index contributed by atoms with van der Waals surface area (Å²) in [6.07, 6.45) is 94.6. The van der Waals surface area contributed by atoms with Crippen molar-refractivity contribution < 1.29 is 28.6 Å². The summed E-state index contributed by atoms with van der Waals surface area (Å²) in [5.74, 6) is -0.873. The van der Waals surface area contributed by atoms with E-state index >= 15 is 0 Å². The van der Waals surface area contributed by atoms with Crippen molar-refractivity contribution in [2.45, 2.75) is 374 Å². The second-order valence-corrected chi connectivity index (χ2v) is 24.1. The number of unbranched alkanes of at least 4 members (excludes halogenated alkanes) is 41. The van der Waals surface area contributed by atoms with E-state index in [0.29, 0.717) is 19.3 Å². The molecule has 6 heteroatoms. The third-order valence-electron chi connectivity index (χ3n) is 15.9. The summed E-state index contributed by atoms with van der Waals surface area (Å²) in [7, 11) is 0. The number of carbonyl (C=O) groups excluding carboxylic acids is 3. The van der Waals surface area contributed by atoms with Crippen molar-refractivity contribution in [3.63, 3.8) is 0 Å². The van der Waals surface area contributed by atoms with Crippen LogP contribution in [0.2, 0.25) is 0 Å². The molecule has 0 aromatic heterocycles. The largest absolute Gasteiger partial charge is 0.462 e. The van der Waals surface area contributed by atoms with Gasteiger partial charge in [-0.25, -0.2) is 0 Å². The zero-order chi connectivity index (χ0) is 59.9. The Morgan fingerprint density at radius 1 is 0.253 bits per heavy atom. The zero-order valence-electron chi connectivity index (χ0n) is 55.2. The Bertz CT molecular complexity index is 1570. The smallest absolute Gasteiger partial charge is 0.306 e. The van der Waals surface area contributed by atoms with Crippen molar-refractivity contribution >= 4 is 17.9 Å². The maximum Gasteiger partial charge on any atom is 0.306 e. The third-order valence-corrected chi connectivity index (χ3v) is 15.9. The molecule has 1 atom stereocenters. The Morgan fingerprint density at radius 3 is 0.735 bits per heavy atom. The van der Waals surface area contributed by atoms with E-state index < -0.39 is 6.10 Å². The highest BCUT2D eigenvalue weighted by Crippen LogP contribution is 2.18. The predicted octanol–water partition coefficient (Wildman–Crippen LogP) is 25.0. The van der Waals surface area contributed by atoms with Gasteiger partial charge in [-0.2, -0.15) is 0 Å². The van der Waals surface area contributed by atoms with E-state index in [2.05, 4.69) is 106 Å². The van der Waals surface area contributed by atoms with Crippen LogP contribution in [0.1, 0.15) is 367 Å². The van der Waals surface area contributed by atoms with E-state index in [9.17, 15) is 14.4 Å². The minimum absolute atomic E-state index is 0.0789. The van der Waals surface area contributed by atoms with E-state index in [0.717, 1.165) is 109 Å². The van der Waals surface area contributed by atoms with Crippen LogP contribution in [0.4, 0.5) is 0 Å². The first-order valence-corrected chi connectivity index (χ1v) is 36.1.